The fourth-order valence-electron chi connectivity index (χ4n) is 2.10. The predicted octanol–water partition coefficient (Wildman–Crippen LogP) is 2.84. The number of benzene rings is 2. The van der Waals surface area contributed by atoms with E-state index in [1.165, 1.54) is 19.2 Å². The van der Waals surface area contributed by atoms with Gasteiger partial charge in [-0.3, -0.25) is 20.4 Å². The van der Waals surface area contributed by atoms with Crippen molar-refractivity contribution in [2.45, 2.75) is 20.0 Å². The van der Waals surface area contributed by atoms with E-state index in [-0.39, 0.29) is 17.2 Å². The van der Waals surface area contributed by atoms with Gasteiger partial charge in [0.05, 0.1) is 13.2 Å². The molecule has 2 aromatic rings. The van der Waals surface area contributed by atoms with Crippen LogP contribution in [-0.4, -0.2) is 25.0 Å². The van der Waals surface area contributed by atoms with Crippen LogP contribution in [-0.2, 0) is 0 Å². The van der Waals surface area contributed by atoms with Gasteiger partial charge in [-0.25, -0.2) is 8.78 Å². The zero-order chi connectivity index (χ0) is 19.3. The first-order valence-electron chi connectivity index (χ1n) is 7.71. The van der Waals surface area contributed by atoms with Gasteiger partial charge < -0.3 is 9.47 Å². The van der Waals surface area contributed by atoms with Crippen LogP contribution in [0.1, 0.15) is 34.6 Å². The lowest BCUT2D eigenvalue weighted by atomic mass is 10.2. The maximum Gasteiger partial charge on any atom is 0.269 e. The zero-order valence-corrected chi connectivity index (χ0v) is 14.4. The van der Waals surface area contributed by atoms with Crippen LogP contribution < -0.4 is 20.3 Å². The molecule has 0 bridgehead atoms. The molecule has 0 heterocycles. The molecule has 2 rings (SSSR count). The van der Waals surface area contributed by atoms with Crippen molar-refractivity contribution in [3.8, 4) is 11.5 Å². The number of rotatable bonds is 5. The molecule has 6 nitrogen and oxygen atoms in total. The molecule has 0 radical (unpaired) electrons. The minimum Gasteiger partial charge on any atom is -0.493 e. The predicted molar refractivity (Wildman–Crippen MR) is 90.0 cm³/mol. The first-order valence-corrected chi connectivity index (χ1v) is 7.71. The molecule has 0 atom stereocenters. The van der Waals surface area contributed by atoms with Gasteiger partial charge in [-0.2, -0.15) is 0 Å². The van der Waals surface area contributed by atoms with Crippen molar-refractivity contribution < 1.29 is 27.8 Å². The van der Waals surface area contributed by atoms with Crippen LogP contribution in [0.4, 0.5) is 8.78 Å². The van der Waals surface area contributed by atoms with Crippen molar-refractivity contribution in [1.29, 1.82) is 0 Å². The van der Waals surface area contributed by atoms with E-state index in [4.69, 9.17) is 9.47 Å². The molecule has 0 aliphatic carbocycles. The van der Waals surface area contributed by atoms with E-state index < -0.39 is 23.4 Å². The van der Waals surface area contributed by atoms with E-state index in [0.717, 1.165) is 12.1 Å². The Morgan fingerprint density at radius 3 is 2.00 bits per heavy atom. The molecule has 0 saturated carbocycles. The van der Waals surface area contributed by atoms with Crippen LogP contribution in [0.2, 0.25) is 0 Å². The van der Waals surface area contributed by atoms with Crippen LogP contribution >= 0.6 is 0 Å². The van der Waals surface area contributed by atoms with Crippen molar-refractivity contribution in [3.05, 3.63) is 59.2 Å². The lowest BCUT2D eigenvalue weighted by Gasteiger charge is -2.14. The highest BCUT2D eigenvalue weighted by Gasteiger charge is 2.14. The lowest BCUT2D eigenvalue weighted by molar-refractivity contribution is 0.0846. The number of hydrazine groups is 1. The summed E-state index contributed by atoms with van der Waals surface area (Å²) in [5, 5.41) is 0. The Bertz CT molecular complexity index is 805. The summed E-state index contributed by atoms with van der Waals surface area (Å²) in [6.45, 7) is 3.70. The Labute approximate surface area is 149 Å². The molecule has 2 aromatic carbocycles. The van der Waals surface area contributed by atoms with E-state index in [1.54, 1.807) is 6.07 Å². The van der Waals surface area contributed by atoms with Gasteiger partial charge in [-0.1, -0.05) is 0 Å². The fourth-order valence-corrected chi connectivity index (χ4v) is 2.10. The minimum atomic E-state index is -0.896. The summed E-state index contributed by atoms with van der Waals surface area (Å²) in [7, 11) is 1.43. The average molecular weight is 364 g/mol. The molecular formula is C18H18F2N2O4. The van der Waals surface area contributed by atoms with Crippen molar-refractivity contribution in [3.63, 3.8) is 0 Å². The molecule has 2 amide bonds. The highest BCUT2D eigenvalue weighted by molar-refractivity contribution is 5.99. The van der Waals surface area contributed by atoms with E-state index in [2.05, 4.69) is 10.9 Å². The molecule has 0 aromatic heterocycles. The van der Waals surface area contributed by atoms with Gasteiger partial charge in [0, 0.05) is 17.2 Å². The maximum atomic E-state index is 13.1. The van der Waals surface area contributed by atoms with Gasteiger partial charge in [0.15, 0.2) is 11.5 Å². The van der Waals surface area contributed by atoms with Gasteiger partial charge in [-0.15, -0.1) is 0 Å². The number of hydrogen-bond acceptors (Lipinski definition) is 4. The second kappa shape index (κ2) is 8.28. The van der Waals surface area contributed by atoms with E-state index >= 15 is 0 Å². The summed E-state index contributed by atoms with van der Waals surface area (Å²) in [4.78, 5) is 24.0. The summed E-state index contributed by atoms with van der Waals surface area (Å²) in [6.07, 6.45) is -0.0745. The van der Waals surface area contributed by atoms with Crippen molar-refractivity contribution in [2.24, 2.45) is 0 Å². The number of carbonyl (C=O) groups is 2. The summed E-state index contributed by atoms with van der Waals surface area (Å²) >= 11 is 0. The molecule has 0 fully saturated rings. The molecule has 138 valence electrons. The molecule has 0 unspecified atom stereocenters. The first kappa shape index (κ1) is 19.2. The van der Waals surface area contributed by atoms with Crippen molar-refractivity contribution in [2.75, 3.05) is 7.11 Å². The van der Waals surface area contributed by atoms with Crippen molar-refractivity contribution >= 4 is 11.8 Å². The average Bonchev–Trinajstić information content (AvgIpc) is 2.58. The number of amides is 2. The highest BCUT2D eigenvalue weighted by atomic mass is 19.1. The van der Waals surface area contributed by atoms with Crippen LogP contribution in [0.25, 0.3) is 0 Å². The second-order valence-electron chi connectivity index (χ2n) is 5.60. The summed E-state index contributed by atoms with van der Waals surface area (Å²) in [5.41, 5.74) is 4.19. The topological polar surface area (TPSA) is 76.7 Å². The number of nitrogens with one attached hydrogen (secondary N) is 2. The monoisotopic (exact) mass is 364 g/mol. The van der Waals surface area contributed by atoms with E-state index in [9.17, 15) is 18.4 Å². The first-order chi connectivity index (χ1) is 12.3. The summed E-state index contributed by atoms with van der Waals surface area (Å²) in [5.74, 6) is -2.46. The third-order valence-electron chi connectivity index (χ3n) is 3.20. The molecule has 0 spiro atoms. The second-order valence-corrected chi connectivity index (χ2v) is 5.60. The molecule has 0 saturated heterocycles. The zero-order valence-electron chi connectivity index (χ0n) is 14.4. The molecule has 0 aliphatic rings. The SMILES string of the molecule is COc1cc(C(=O)NNC(=O)c2cc(F)cc(F)c2)ccc1OC(C)C. The fraction of sp³-hybridized carbons (Fsp3) is 0.222. The molecule has 8 heteroatoms. The largest absolute Gasteiger partial charge is 0.493 e. The maximum absolute atomic E-state index is 13.1. The Morgan fingerprint density at radius 1 is 0.885 bits per heavy atom. The van der Waals surface area contributed by atoms with Crippen molar-refractivity contribution in [1.82, 2.24) is 10.9 Å². The van der Waals surface area contributed by atoms with Gasteiger partial charge in [-0.05, 0) is 44.2 Å². The lowest BCUT2D eigenvalue weighted by Crippen LogP contribution is -2.41. The third-order valence-corrected chi connectivity index (χ3v) is 3.20. The number of carbonyl (C=O) groups excluding carboxylic acids is 2. The van der Waals surface area contributed by atoms with Gasteiger partial charge in [0.25, 0.3) is 11.8 Å². The Morgan fingerprint density at radius 2 is 1.46 bits per heavy atom. The summed E-state index contributed by atoms with van der Waals surface area (Å²) in [6, 6.07) is 6.85. The number of hydrogen-bond donors (Lipinski definition) is 2. The van der Waals surface area contributed by atoms with Crippen LogP contribution in [0.3, 0.4) is 0 Å². The third kappa shape index (κ3) is 4.92. The smallest absolute Gasteiger partial charge is 0.269 e. The van der Waals surface area contributed by atoms with Gasteiger partial charge >= 0.3 is 0 Å². The molecule has 0 aliphatic heterocycles. The molecule has 2 N–H and O–H groups in total. The quantitative estimate of drug-likeness (QED) is 0.800. The number of ether oxygens (including phenoxy) is 2. The highest BCUT2D eigenvalue weighted by Crippen LogP contribution is 2.28. The Balaban J connectivity index is 2.06. The van der Waals surface area contributed by atoms with Crippen LogP contribution in [0.15, 0.2) is 36.4 Å². The van der Waals surface area contributed by atoms with Crippen LogP contribution in [0, 0.1) is 11.6 Å². The molecule has 26 heavy (non-hydrogen) atoms. The summed E-state index contributed by atoms with van der Waals surface area (Å²) < 4.78 is 37.0. The normalized spacial score (nSPS) is 10.4. The van der Waals surface area contributed by atoms with E-state index in [1.807, 2.05) is 13.8 Å². The van der Waals surface area contributed by atoms with E-state index in [0.29, 0.717) is 17.6 Å². The molecular weight excluding hydrogens is 346 g/mol. The Kier molecular flexibility index (Phi) is 6.11. The number of halogens is 2. The van der Waals surface area contributed by atoms with Gasteiger partial charge in [0.1, 0.15) is 11.6 Å². The minimum absolute atomic E-state index is 0.0745. The van der Waals surface area contributed by atoms with Crippen LogP contribution in [0.5, 0.6) is 11.5 Å². The Hall–Kier alpha value is -3.16. The number of methoxy groups -OCH3 is 1. The van der Waals surface area contributed by atoms with Gasteiger partial charge in [0.2, 0.25) is 0 Å². The standard InChI is InChI=1S/C18H18F2N2O4/c1-10(2)26-15-5-4-11(8-16(15)25-3)17(23)21-22-18(24)12-6-13(19)9-14(20)7-12/h4-10H,1-3H3,(H,21,23)(H,22,24).